The fourth-order valence-electron chi connectivity index (χ4n) is 1.75. The van der Waals surface area contributed by atoms with E-state index in [4.69, 9.17) is 0 Å². The molecule has 0 unspecified atom stereocenters. The number of hydrazine groups is 1. The fourth-order valence-corrected chi connectivity index (χ4v) is 2.64. The lowest BCUT2D eigenvalue weighted by Crippen LogP contribution is -2.40. The van der Waals surface area contributed by atoms with Crippen LogP contribution in [0.4, 0.5) is 0 Å². The summed E-state index contributed by atoms with van der Waals surface area (Å²) in [6.07, 6.45) is 0. The lowest BCUT2D eigenvalue weighted by Gasteiger charge is -2.09. The maximum Gasteiger partial charge on any atom is 0.257 e. The first-order valence-electron chi connectivity index (χ1n) is 6.87. The van der Waals surface area contributed by atoms with Gasteiger partial charge >= 0.3 is 0 Å². The molecule has 6 heteroatoms. The summed E-state index contributed by atoms with van der Waals surface area (Å²) < 4.78 is 24.2. The van der Waals surface area contributed by atoms with Crippen LogP contribution in [0.5, 0.6) is 0 Å². The van der Waals surface area contributed by atoms with Crippen molar-refractivity contribution in [1.82, 2.24) is 10.3 Å². The Morgan fingerprint density at radius 1 is 1.05 bits per heavy atom. The first kappa shape index (κ1) is 16.2. The summed E-state index contributed by atoms with van der Waals surface area (Å²) >= 11 is 0. The zero-order valence-electron chi connectivity index (χ0n) is 12.6. The van der Waals surface area contributed by atoms with E-state index in [1.165, 1.54) is 0 Å². The summed E-state index contributed by atoms with van der Waals surface area (Å²) in [4.78, 5) is 6.82. The average Bonchev–Trinajstić information content (AvgIpc) is 2.52. The van der Waals surface area contributed by atoms with Crippen LogP contribution in [-0.4, -0.2) is 14.3 Å². The first-order valence-corrected chi connectivity index (χ1v) is 8.35. The van der Waals surface area contributed by atoms with E-state index in [1.54, 1.807) is 31.2 Å². The molecule has 2 N–H and O–H groups in total. The Morgan fingerprint density at radius 3 is 2.32 bits per heavy atom. The Kier molecular flexibility index (Phi) is 5.30. The lowest BCUT2D eigenvalue weighted by atomic mass is 10.2. The highest BCUT2D eigenvalue weighted by atomic mass is 32.2. The van der Waals surface area contributed by atoms with E-state index >= 15 is 0 Å². The molecule has 0 fully saturated rings. The van der Waals surface area contributed by atoms with Gasteiger partial charge in [0.15, 0.2) is 0 Å². The second kappa shape index (κ2) is 7.20. The normalized spacial score (nSPS) is 12.2. The Labute approximate surface area is 131 Å². The van der Waals surface area contributed by atoms with Crippen molar-refractivity contribution in [3.63, 3.8) is 0 Å². The number of rotatable bonds is 5. The van der Waals surface area contributed by atoms with Gasteiger partial charge in [-0.05, 0) is 31.5 Å². The van der Waals surface area contributed by atoms with Gasteiger partial charge in [-0.15, -0.1) is 4.83 Å². The predicted molar refractivity (Wildman–Crippen MR) is 87.9 cm³/mol. The average molecular weight is 317 g/mol. The standard InChI is InChI=1S/C16H19N3O2S/c1-13-8-10-16(11-9-13)22(20,21)19-18-14(2)17-12-15-6-4-3-5-7-15/h3-11,19H,12H2,1-2H3,(H,17,18). The van der Waals surface area contributed by atoms with Crippen molar-refractivity contribution in [2.75, 3.05) is 0 Å². The van der Waals surface area contributed by atoms with Crippen molar-refractivity contribution in [3.8, 4) is 0 Å². The van der Waals surface area contributed by atoms with E-state index in [0.29, 0.717) is 12.4 Å². The molecule has 2 aromatic carbocycles. The highest BCUT2D eigenvalue weighted by Gasteiger charge is 2.12. The molecule has 116 valence electrons. The minimum Gasteiger partial charge on any atom is -0.296 e. The lowest BCUT2D eigenvalue weighted by molar-refractivity contribution is 0.577. The third-order valence-corrected chi connectivity index (χ3v) is 4.30. The van der Waals surface area contributed by atoms with Crippen molar-refractivity contribution in [1.29, 1.82) is 0 Å². The van der Waals surface area contributed by atoms with Crippen molar-refractivity contribution >= 4 is 15.9 Å². The topological polar surface area (TPSA) is 70.6 Å². The summed E-state index contributed by atoms with van der Waals surface area (Å²) in [5.74, 6) is 0.500. The largest absolute Gasteiger partial charge is 0.296 e. The molecule has 2 aromatic rings. The first-order chi connectivity index (χ1) is 10.5. The van der Waals surface area contributed by atoms with E-state index in [2.05, 4.69) is 15.2 Å². The number of benzene rings is 2. The van der Waals surface area contributed by atoms with Crippen LogP contribution in [0, 0.1) is 6.92 Å². The van der Waals surface area contributed by atoms with Crippen molar-refractivity contribution in [2.24, 2.45) is 4.99 Å². The van der Waals surface area contributed by atoms with E-state index < -0.39 is 10.0 Å². The number of nitrogens with one attached hydrogen (secondary N) is 2. The van der Waals surface area contributed by atoms with Gasteiger partial charge < -0.3 is 0 Å². The molecule has 0 aliphatic rings. The van der Waals surface area contributed by atoms with Gasteiger partial charge in [-0.2, -0.15) is 0 Å². The molecule has 0 aliphatic heterocycles. The van der Waals surface area contributed by atoms with Crippen LogP contribution in [0.15, 0.2) is 64.5 Å². The number of hydrogen-bond acceptors (Lipinski definition) is 3. The smallest absolute Gasteiger partial charge is 0.257 e. The predicted octanol–water partition coefficient (Wildman–Crippen LogP) is 2.40. The summed E-state index contributed by atoms with van der Waals surface area (Å²) in [7, 11) is -3.60. The second-order valence-electron chi connectivity index (χ2n) is 4.93. The van der Waals surface area contributed by atoms with Gasteiger partial charge in [-0.3, -0.25) is 10.4 Å². The molecule has 22 heavy (non-hydrogen) atoms. The van der Waals surface area contributed by atoms with Crippen LogP contribution in [-0.2, 0) is 16.6 Å². The molecule has 0 bridgehead atoms. The van der Waals surface area contributed by atoms with Gasteiger partial charge in [0, 0.05) is 0 Å². The van der Waals surface area contributed by atoms with Gasteiger partial charge in [0.2, 0.25) is 0 Å². The summed E-state index contributed by atoms with van der Waals surface area (Å²) in [5, 5.41) is 0. The van der Waals surface area contributed by atoms with E-state index in [9.17, 15) is 8.42 Å². The molecule has 0 atom stereocenters. The highest BCUT2D eigenvalue weighted by Crippen LogP contribution is 2.09. The van der Waals surface area contributed by atoms with Crippen LogP contribution < -0.4 is 10.3 Å². The third kappa shape index (κ3) is 4.68. The van der Waals surface area contributed by atoms with Gasteiger partial charge in [-0.1, -0.05) is 48.0 Å². The minimum atomic E-state index is -3.60. The number of nitrogens with zero attached hydrogens (tertiary/aromatic N) is 1. The molecule has 0 amide bonds. The zero-order chi connectivity index (χ0) is 16.0. The SMILES string of the molecule is CC(=NCc1ccccc1)NNS(=O)(=O)c1ccc(C)cc1. The fraction of sp³-hybridized carbons (Fsp3) is 0.188. The summed E-state index contributed by atoms with van der Waals surface area (Å²) in [5.41, 5.74) is 4.69. The molecule has 0 spiro atoms. The molecule has 2 rings (SSSR count). The van der Waals surface area contributed by atoms with Gasteiger partial charge in [0.25, 0.3) is 10.0 Å². The zero-order valence-corrected chi connectivity index (χ0v) is 13.4. The second-order valence-corrected chi connectivity index (χ2v) is 6.61. The maximum atomic E-state index is 12.1. The van der Waals surface area contributed by atoms with Crippen molar-refractivity contribution in [3.05, 3.63) is 65.7 Å². The number of amidine groups is 1. The van der Waals surface area contributed by atoms with E-state index in [-0.39, 0.29) is 4.90 Å². The maximum absolute atomic E-state index is 12.1. The molecule has 5 nitrogen and oxygen atoms in total. The Hall–Kier alpha value is -2.18. The monoisotopic (exact) mass is 317 g/mol. The molecule has 0 saturated carbocycles. The number of sulfonamides is 1. The van der Waals surface area contributed by atoms with Crippen molar-refractivity contribution < 1.29 is 8.42 Å². The van der Waals surface area contributed by atoms with Crippen LogP contribution in [0.3, 0.4) is 0 Å². The van der Waals surface area contributed by atoms with Crippen LogP contribution in [0.2, 0.25) is 0 Å². The third-order valence-electron chi connectivity index (χ3n) is 3.04. The minimum absolute atomic E-state index is 0.210. The molecule has 0 aromatic heterocycles. The molecule has 0 heterocycles. The van der Waals surface area contributed by atoms with E-state index in [1.807, 2.05) is 37.3 Å². The Morgan fingerprint density at radius 2 is 1.68 bits per heavy atom. The Bertz CT molecular complexity index is 739. The van der Waals surface area contributed by atoms with Gasteiger partial charge in [0.05, 0.1) is 11.4 Å². The number of hydrogen-bond donors (Lipinski definition) is 2. The Balaban J connectivity index is 1.95. The number of aliphatic imine (C=N–C) groups is 1. The molecule has 0 radical (unpaired) electrons. The van der Waals surface area contributed by atoms with Crippen LogP contribution in [0.25, 0.3) is 0 Å². The number of aryl methyl sites for hydroxylation is 1. The van der Waals surface area contributed by atoms with Crippen molar-refractivity contribution in [2.45, 2.75) is 25.3 Å². The summed E-state index contributed by atoms with van der Waals surface area (Å²) in [6.45, 7) is 4.11. The van der Waals surface area contributed by atoms with Crippen LogP contribution >= 0.6 is 0 Å². The summed E-state index contributed by atoms with van der Waals surface area (Å²) in [6, 6.07) is 16.4. The van der Waals surface area contributed by atoms with Gasteiger partial charge in [0.1, 0.15) is 5.84 Å². The molecule has 0 saturated heterocycles. The van der Waals surface area contributed by atoms with Crippen LogP contribution in [0.1, 0.15) is 18.1 Å². The highest BCUT2D eigenvalue weighted by molar-refractivity contribution is 7.89. The van der Waals surface area contributed by atoms with Gasteiger partial charge in [-0.25, -0.2) is 8.42 Å². The quantitative estimate of drug-likeness (QED) is 0.505. The molecule has 0 aliphatic carbocycles. The molecular weight excluding hydrogens is 298 g/mol. The molecular formula is C16H19N3O2S. The van der Waals surface area contributed by atoms with E-state index in [0.717, 1.165) is 11.1 Å².